The van der Waals surface area contributed by atoms with Crippen LogP contribution in [0.4, 0.5) is 8.78 Å². The van der Waals surface area contributed by atoms with Gasteiger partial charge < -0.3 is 15.3 Å². The van der Waals surface area contributed by atoms with Crippen molar-refractivity contribution in [2.45, 2.75) is 19.0 Å². The summed E-state index contributed by atoms with van der Waals surface area (Å²) < 4.78 is 28.3. The molecule has 0 aliphatic carbocycles. The predicted molar refractivity (Wildman–Crippen MR) is 149 cm³/mol. The highest BCUT2D eigenvalue weighted by atomic mass is 19.1. The van der Waals surface area contributed by atoms with E-state index in [1.54, 1.807) is 18.5 Å². The van der Waals surface area contributed by atoms with E-state index in [1.807, 2.05) is 61.5 Å². The molecule has 1 amide bonds. The highest BCUT2D eigenvalue weighted by molar-refractivity contribution is 6.05. The Bertz CT molecular complexity index is 1740. The molecule has 9 heteroatoms. The fourth-order valence-corrected chi connectivity index (χ4v) is 4.88. The minimum Gasteiger partial charge on any atom is -0.480 e. The van der Waals surface area contributed by atoms with Gasteiger partial charge >= 0.3 is 5.97 Å². The van der Waals surface area contributed by atoms with Crippen molar-refractivity contribution in [2.75, 3.05) is 14.1 Å². The number of carbonyl (C=O) groups excluding carboxylic acids is 1. The van der Waals surface area contributed by atoms with Crippen molar-refractivity contribution in [3.05, 3.63) is 108 Å². The van der Waals surface area contributed by atoms with Gasteiger partial charge in [0.1, 0.15) is 23.2 Å². The van der Waals surface area contributed by atoms with E-state index in [4.69, 9.17) is 4.98 Å². The molecule has 0 aliphatic rings. The van der Waals surface area contributed by atoms with E-state index in [0.29, 0.717) is 12.1 Å². The van der Waals surface area contributed by atoms with Gasteiger partial charge in [0, 0.05) is 36.3 Å². The van der Waals surface area contributed by atoms with Crippen molar-refractivity contribution < 1.29 is 23.5 Å². The third-order valence-electron chi connectivity index (χ3n) is 6.65. The van der Waals surface area contributed by atoms with E-state index in [9.17, 15) is 23.5 Å². The van der Waals surface area contributed by atoms with Crippen molar-refractivity contribution in [3.8, 4) is 11.3 Å². The van der Waals surface area contributed by atoms with Gasteiger partial charge in [-0.1, -0.05) is 42.5 Å². The number of carboxylic acids is 1. The van der Waals surface area contributed by atoms with Crippen LogP contribution in [0.25, 0.3) is 32.8 Å². The second-order valence-corrected chi connectivity index (χ2v) is 9.78. The van der Waals surface area contributed by atoms with Gasteiger partial charge in [0.25, 0.3) is 5.91 Å². The molecule has 40 heavy (non-hydrogen) atoms. The maximum Gasteiger partial charge on any atom is 0.326 e. The van der Waals surface area contributed by atoms with Gasteiger partial charge in [-0.05, 0) is 60.1 Å². The molecular weight excluding hydrogens is 514 g/mol. The second-order valence-electron chi connectivity index (χ2n) is 9.78. The van der Waals surface area contributed by atoms with Crippen LogP contribution in [-0.4, -0.2) is 52.0 Å². The van der Waals surface area contributed by atoms with Crippen molar-refractivity contribution in [2.24, 2.45) is 0 Å². The summed E-state index contributed by atoms with van der Waals surface area (Å²) in [6.07, 6.45) is 3.41. The van der Waals surface area contributed by atoms with E-state index in [0.717, 1.165) is 56.7 Å². The van der Waals surface area contributed by atoms with Gasteiger partial charge in [-0.25, -0.2) is 13.6 Å². The number of aliphatic carboxylic acids is 1. The Kier molecular flexibility index (Phi) is 7.48. The lowest BCUT2D eigenvalue weighted by atomic mass is 9.93. The van der Waals surface area contributed by atoms with Gasteiger partial charge in [0.2, 0.25) is 0 Å². The molecule has 0 saturated heterocycles. The molecule has 0 unspecified atom stereocenters. The molecule has 0 aliphatic heterocycles. The number of rotatable bonds is 8. The van der Waals surface area contributed by atoms with Gasteiger partial charge in [0.05, 0.1) is 11.4 Å². The third-order valence-corrected chi connectivity index (χ3v) is 6.65. The minimum absolute atomic E-state index is 0.103. The van der Waals surface area contributed by atoms with E-state index in [-0.39, 0.29) is 6.42 Å². The molecule has 0 radical (unpaired) electrons. The Morgan fingerprint density at radius 1 is 0.950 bits per heavy atom. The largest absolute Gasteiger partial charge is 0.480 e. The number of halogens is 2. The number of hydrogen-bond acceptors (Lipinski definition) is 5. The lowest BCUT2D eigenvalue weighted by Gasteiger charge is -2.18. The minimum atomic E-state index is -1.42. The van der Waals surface area contributed by atoms with Crippen LogP contribution in [0, 0.1) is 11.6 Å². The van der Waals surface area contributed by atoms with Crippen molar-refractivity contribution >= 4 is 33.4 Å². The summed E-state index contributed by atoms with van der Waals surface area (Å²) >= 11 is 0. The Morgan fingerprint density at radius 3 is 2.38 bits per heavy atom. The number of amides is 1. The normalized spacial score (nSPS) is 12.1. The molecule has 5 aromatic rings. The van der Waals surface area contributed by atoms with Gasteiger partial charge in [-0.15, -0.1) is 0 Å². The lowest BCUT2D eigenvalue weighted by Crippen LogP contribution is -2.43. The zero-order valence-electron chi connectivity index (χ0n) is 21.9. The zero-order valence-corrected chi connectivity index (χ0v) is 21.9. The van der Waals surface area contributed by atoms with Crippen LogP contribution in [0.3, 0.4) is 0 Å². The number of benzene rings is 3. The molecule has 0 bridgehead atoms. The monoisotopic (exact) mass is 540 g/mol. The molecule has 2 heterocycles. The van der Waals surface area contributed by atoms with E-state index < -0.39 is 35.1 Å². The van der Waals surface area contributed by atoms with E-state index >= 15 is 0 Å². The van der Waals surface area contributed by atoms with Gasteiger partial charge in [-0.2, -0.15) is 0 Å². The fraction of sp³-hybridized carbons (Fsp3) is 0.161. The van der Waals surface area contributed by atoms with Crippen LogP contribution in [-0.2, 0) is 17.8 Å². The van der Waals surface area contributed by atoms with Crippen molar-refractivity contribution in [1.29, 1.82) is 0 Å². The Balaban J connectivity index is 1.56. The van der Waals surface area contributed by atoms with Crippen molar-refractivity contribution in [1.82, 2.24) is 20.2 Å². The first-order valence-corrected chi connectivity index (χ1v) is 12.6. The number of carbonyl (C=O) groups is 2. The quantitative estimate of drug-likeness (QED) is 0.280. The number of pyridine rings is 2. The number of nitrogens with zero attached hydrogens (tertiary/aromatic N) is 3. The summed E-state index contributed by atoms with van der Waals surface area (Å²) in [4.78, 5) is 36.1. The fourth-order valence-electron chi connectivity index (χ4n) is 4.88. The van der Waals surface area contributed by atoms with E-state index in [2.05, 4.69) is 10.3 Å². The summed E-state index contributed by atoms with van der Waals surface area (Å²) in [6.45, 7) is 0.643. The average Bonchev–Trinajstić information content (AvgIpc) is 2.91. The maximum atomic E-state index is 14.1. The first-order chi connectivity index (χ1) is 19.2. The molecule has 3 aromatic carbocycles. The zero-order chi connectivity index (χ0) is 28.4. The average molecular weight is 541 g/mol. The smallest absolute Gasteiger partial charge is 0.326 e. The molecule has 7 nitrogen and oxygen atoms in total. The van der Waals surface area contributed by atoms with Gasteiger partial charge in [-0.3, -0.25) is 14.8 Å². The summed E-state index contributed by atoms with van der Waals surface area (Å²) in [7, 11) is 3.95. The molecule has 0 saturated carbocycles. The number of hydrogen-bond donors (Lipinski definition) is 2. The van der Waals surface area contributed by atoms with Gasteiger partial charge in [0.15, 0.2) is 0 Å². The van der Waals surface area contributed by atoms with Crippen LogP contribution in [0.2, 0.25) is 0 Å². The van der Waals surface area contributed by atoms with Crippen LogP contribution in [0.1, 0.15) is 21.6 Å². The van der Waals surface area contributed by atoms with Crippen LogP contribution < -0.4 is 5.32 Å². The summed E-state index contributed by atoms with van der Waals surface area (Å²) in [5.41, 5.74) is 2.32. The Morgan fingerprint density at radius 2 is 1.65 bits per heavy atom. The van der Waals surface area contributed by atoms with Crippen LogP contribution >= 0.6 is 0 Å². The second kappa shape index (κ2) is 11.2. The number of nitrogens with one attached hydrogen (secondary N) is 1. The highest BCUT2D eigenvalue weighted by Gasteiger charge is 2.25. The first kappa shape index (κ1) is 26.8. The molecule has 1 atom stereocenters. The Labute approximate surface area is 229 Å². The molecular formula is C31H26F2N4O3. The lowest BCUT2D eigenvalue weighted by molar-refractivity contribution is -0.139. The third kappa shape index (κ3) is 5.37. The van der Waals surface area contributed by atoms with Crippen molar-refractivity contribution in [3.63, 3.8) is 0 Å². The molecule has 2 aromatic heterocycles. The molecule has 2 N–H and O–H groups in total. The molecule has 202 valence electrons. The van der Waals surface area contributed by atoms with Crippen LogP contribution in [0.15, 0.2) is 79.1 Å². The number of fused-ring (bicyclic) bond motifs is 2. The molecule has 0 spiro atoms. The maximum absolute atomic E-state index is 14.1. The summed E-state index contributed by atoms with van der Waals surface area (Å²) in [6, 6.07) is 16.8. The topological polar surface area (TPSA) is 95.4 Å². The highest BCUT2D eigenvalue weighted by Crippen LogP contribution is 2.34. The number of carboxylic acid groups (broad SMARTS) is 1. The van der Waals surface area contributed by atoms with E-state index in [1.165, 1.54) is 0 Å². The summed E-state index contributed by atoms with van der Waals surface area (Å²) in [5, 5.41) is 15.6. The first-order valence-electron chi connectivity index (χ1n) is 12.6. The molecule has 5 rings (SSSR count). The molecule has 0 fully saturated rings. The number of aromatic nitrogens is 2. The summed E-state index contributed by atoms with van der Waals surface area (Å²) in [5.74, 6) is -4.59. The predicted octanol–water partition coefficient (Wildman–Crippen LogP) is 5.22. The standard InChI is InChI=1S/C31H26F2N4O3/c1-37(2)17-20-14-19-12-13-34-16-24(19)29(35-20)23-9-4-7-21-18(6-3-8-22(21)23)15-27(31(39)40)36-30(38)28-25(32)10-5-11-26(28)33/h3-14,16,27H,15,17H2,1-2H3,(H,36,38)(H,39,40)/t27-/m0/s1. The SMILES string of the molecule is CN(C)Cc1cc2ccncc2c(-c2cccc3c(C[C@H](NC(=O)c4c(F)cccc4F)C(=O)O)cccc23)n1. The Hall–Kier alpha value is -4.76. The van der Waals surface area contributed by atoms with Crippen LogP contribution in [0.5, 0.6) is 0 Å².